The van der Waals surface area contributed by atoms with Gasteiger partial charge < -0.3 is 14.8 Å². The van der Waals surface area contributed by atoms with Gasteiger partial charge in [-0.1, -0.05) is 6.58 Å². The fourth-order valence-corrected chi connectivity index (χ4v) is 5.08. The molecule has 0 aliphatic rings. The smallest absolute Gasteiger partial charge is 0.407 e. The number of nitrogens with one attached hydrogen (secondary N) is 1. The van der Waals surface area contributed by atoms with E-state index in [1.54, 1.807) is 10.8 Å². The number of rotatable bonds is 7. The van der Waals surface area contributed by atoms with Gasteiger partial charge in [0.2, 0.25) is 5.88 Å². The van der Waals surface area contributed by atoms with E-state index in [1.807, 2.05) is 59.1 Å². The van der Waals surface area contributed by atoms with Crippen molar-refractivity contribution in [2.75, 3.05) is 6.54 Å². The second-order valence-electron chi connectivity index (χ2n) is 8.78. The third-order valence-corrected chi connectivity index (χ3v) is 6.66. The van der Waals surface area contributed by atoms with Crippen LogP contribution in [0.25, 0.3) is 28.2 Å². The maximum atomic E-state index is 12.0. The molecule has 3 aromatic heterocycles. The number of nitrogens with zero attached hydrogens (tertiary/aromatic N) is 5. The molecule has 3 rings (SSSR count). The number of aryl methyl sites for hydroxylation is 3. The molecule has 0 bridgehead atoms. The highest BCUT2D eigenvalue weighted by Crippen LogP contribution is 2.37. The number of carbonyl (C=O) groups excluding carboxylic acids is 1. The van der Waals surface area contributed by atoms with E-state index in [0.29, 0.717) is 12.3 Å². The Morgan fingerprint density at radius 3 is 2.64 bits per heavy atom. The summed E-state index contributed by atoms with van der Waals surface area (Å²) in [4.78, 5) is 16.9. The third-order valence-electron chi connectivity index (χ3n) is 4.81. The fourth-order valence-electron chi connectivity index (χ4n) is 3.52. The molecule has 0 aliphatic heterocycles. The first-order valence-corrected chi connectivity index (χ1v) is 14.6. The molecule has 1 N–H and O–H groups in total. The Morgan fingerprint density at radius 2 is 2.03 bits per heavy atom. The lowest BCUT2D eigenvalue weighted by Gasteiger charge is -2.21. The molecule has 2 unspecified atom stereocenters. The SMILES string of the molecule is C=Cc1nn(PI)c2c(C)nc(-c3c(C)nn(C)c3OC(C)CNC(=O)OC(C)(C)C)cc12. The molecule has 0 fully saturated rings. The zero-order valence-corrected chi connectivity index (χ0v) is 23.1. The van der Waals surface area contributed by atoms with Gasteiger partial charge in [-0.3, -0.25) is 4.98 Å². The summed E-state index contributed by atoms with van der Waals surface area (Å²) in [5.74, 6) is 0.584. The average molecular weight is 584 g/mol. The van der Waals surface area contributed by atoms with Crippen LogP contribution >= 0.6 is 28.4 Å². The van der Waals surface area contributed by atoms with Crippen LogP contribution in [0, 0.1) is 13.8 Å². The zero-order chi connectivity index (χ0) is 24.5. The van der Waals surface area contributed by atoms with E-state index < -0.39 is 11.7 Å². The van der Waals surface area contributed by atoms with Gasteiger partial charge in [0.1, 0.15) is 11.7 Å². The molecular formula is C22H30IN6O3P. The van der Waals surface area contributed by atoms with Crippen molar-refractivity contribution >= 4 is 51.5 Å². The van der Waals surface area contributed by atoms with Gasteiger partial charge >= 0.3 is 6.09 Å². The van der Waals surface area contributed by atoms with Crippen LogP contribution in [0.3, 0.4) is 0 Å². The Balaban J connectivity index is 1.92. The van der Waals surface area contributed by atoms with Crippen molar-refractivity contribution in [2.45, 2.75) is 53.2 Å². The molecule has 0 saturated heterocycles. The molecular weight excluding hydrogens is 554 g/mol. The van der Waals surface area contributed by atoms with Gasteiger partial charge in [-0.05, 0) is 75.7 Å². The first kappa shape index (κ1) is 25.4. The molecule has 1 amide bonds. The first-order chi connectivity index (χ1) is 15.4. The van der Waals surface area contributed by atoms with Crippen molar-refractivity contribution < 1.29 is 14.3 Å². The summed E-state index contributed by atoms with van der Waals surface area (Å²) in [6, 6.07) is 2.01. The van der Waals surface area contributed by atoms with Crippen LogP contribution in [-0.4, -0.2) is 48.7 Å². The number of fused-ring (bicyclic) bond motifs is 1. The second kappa shape index (κ2) is 9.97. The Labute approximate surface area is 208 Å². The van der Waals surface area contributed by atoms with E-state index in [9.17, 15) is 4.79 Å². The molecule has 9 nitrogen and oxygen atoms in total. The first-order valence-electron chi connectivity index (χ1n) is 10.5. The maximum Gasteiger partial charge on any atom is 0.407 e. The summed E-state index contributed by atoms with van der Waals surface area (Å²) >= 11 is 2.31. The van der Waals surface area contributed by atoms with Crippen LogP contribution in [0.1, 0.15) is 44.8 Å². The quantitative estimate of drug-likeness (QED) is 0.304. The third kappa shape index (κ3) is 5.66. The Bertz CT molecular complexity index is 1200. The summed E-state index contributed by atoms with van der Waals surface area (Å²) in [7, 11) is 1.83. The number of amides is 1. The molecule has 0 aliphatic carbocycles. The van der Waals surface area contributed by atoms with Gasteiger partial charge in [0.15, 0.2) is 0 Å². The number of ether oxygens (including phenoxy) is 2. The lowest BCUT2D eigenvalue weighted by atomic mass is 10.1. The molecule has 33 heavy (non-hydrogen) atoms. The van der Waals surface area contributed by atoms with E-state index in [0.717, 1.165) is 39.2 Å². The summed E-state index contributed by atoms with van der Waals surface area (Å²) < 4.78 is 15.2. The highest BCUT2D eigenvalue weighted by atomic mass is 127. The normalized spacial score (nSPS) is 13.0. The van der Waals surface area contributed by atoms with Crippen molar-refractivity contribution in [2.24, 2.45) is 7.05 Å². The van der Waals surface area contributed by atoms with Gasteiger partial charge in [0.05, 0.1) is 46.8 Å². The molecule has 0 aromatic carbocycles. The second-order valence-corrected chi connectivity index (χ2v) is 10.8. The minimum Gasteiger partial charge on any atom is -0.472 e. The minimum absolute atomic E-state index is 0.286. The molecule has 3 heterocycles. The molecule has 0 radical (unpaired) electrons. The van der Waals surface area contributed by atoms with Crippen molar-refractivity contribution in [3.05, 3.63) is 29.7 Å². The van der Waals surface area contributed by atoms with Gasteiger partial charge in [-0.15, -0.1) is 0 Å². The minimum atomic E-state index is -0.557. The molecule has 0 spiro atoms. The van der Waals surface area contributed by atoms with Crippen LogP contribution in [0.4, 0.5) is 4.79 Å². The Hall–Kier alpha value is -2.20. The van der Waals surface area contributed by atoms with Crippen LogP contribution in [0.2, 0.25) is 0 Å². The van der Waals surface area contributed by atoms with E-state index in [1.165, 1.54) is 0 Å². The van der Waals surface area contributed by atoms with Gasteiger partial charge in [0, 0.05) is 12.4 Å². The highest BCUT2D eigenvalue weighted by molar-refractivity contribution is 14.2. The van der Waals surface area contributed by atoms with E-state index in [4.69, 9.17) is 14.5 Å². The number of pyridine rings is 1. The van der Waals surface area contributed by atoms with Gasteiger partial charge in [-0.25, -0.2) is 13.9 Å². The standard InChI is InChI=1S/C22H30IN6O3P/c1-9-16-15-10-17(25-14(4)19(15)29(27-16)33-23)18-13(3)26-28(8)20(18)31-12(2)11-24-21(30)32-22(5,6)7/h9-10,12,33H,1,11H2,2-8H3,(H,24,30). The van der Waals surface area contributed by atoms with E-state index in [2.05, 4.69) is 44.1 Å². The van der Waals surface area contributed by atoms with Crippen LogP contribution in [-0.2, 0) is 11.8 Å². The van der Waals surface area contributed by atoms with Gasteiger partial charge in [-0.2, -0.15) is 10.2 Å². The van der Waals surface area contributed by atoms with Crippen molar-refractivity contribution in [1.29, 1.82) is 0 Å². The summed E-state index contributed by atoms with van der Waals surface area (Å²) in [6.07, 6.45) is 1.42. The topological polar surface area (TPSA) is 96.1 Å². The van der Waals surface area contributed by atoms with Crippen molar-refractivity contribution in [3.63, 3.8) is 0 Å². The summed E-state index contributed by atoms with van der Waals surface area (Å²) in [5.41, 5.74) is 4.51. The number of alkyl carbamates (subject to hydrolysis) is 1. The molecule has 0 saturated carbocycles. The highest BCUT2D eigenvalue weighted by Gasteiger charge is 2.23. The fraction of sp³-hybridized carbons (Fsp3) is 0.455. The summed E-state index contributed by atoms with van der Waals surface area (Å²) in [6.45, 7) is 15.5. The molecule has 178 valence electrons. The molecule has 2 atom stereocenters. The number of hydrogen-bond donors (Lipinski definition) is 1. The number of halogens is 1. The average Bonchev–Trinajstić information content (AvgIpc) is 3.21. The lowest BCUT2D eigenvalue weighted by Crippen LogP contribution is -2.37. The Morgan fingerprint density at radius 1 is 1.33 bits per heavy atom. The number of hydrogen-bond acceptors (Lipinski definition) is 6. The summed E-state index contributed by atoms with van der Waals surface area (Å²) in [5, 5.41) is 12.9. The largest absolute Gasteiger partial charge is 0.472 e. The lowest BCUT2D eigenvalue weighted by molar-refractivity contribution is 0.0503. The maximum absolute atomic E-state index is 12.0. The van der Waals surface area contributed by atoms with Crippen molar-refractivity contribution in [3.8, 4) is 17.1 Å². The monoisotopic (exact) mass is 584 g/mol. The van der Waals surface area contributed by atoms with Gasteiger partial charge in [0.25, 0.3) is 0 Å². The molecule has 3 aromatic rings. The predicted molar refractivity (Wildman–Crippen MR) is 141 cm³/mol. The van der Waals surface area contributed by atoms with Crippen molar-refractivity contribution in [1.82, 2.24) is 29.6 Å². The number of aromatic nitrogens is 5. The number of carbonyl (C=O) groups is 1. The van der Waals surface area contributed by atoms with Crippen LogP contribution in [0.15, 0.2) is 12.6 Å². The zero-order valence-electron chi connectivity index (χ0n) is 20.0. The Kier molecular flexibility index (Phi) is 7.68. The van der Waals surface area contributed by atoms with E-state index in [-0.39, 0.29) is 12.6 Å². The predicted octanol–water partition coefficient (Wildman–Crippen LogP) is 5.18. The molecule has 11 heteroatoms. The van der Waals surface area contributed by atoms with Crippen LogP contribution in [0.5, 0.6) is 5.88 Å². The van der Waals surface area contributed by atoms with Crippen LogP contribution < -0.4 is 10.1 Å². The van der Waals surface area contributed by atoms with E-state index >= 15 is 0 Å².